The first kappa shape index (κ1) is 12.7. The molecule has 0 radical (unpaired) electrons. The van der Waals surface area contributed by atoms with Crippen molar-refractivity contribution in [2.24, 2.45) is 0 Å². The zero-order chi connectivity index (χ0) is 13.3. The summed E-state index contributed by atoms with van der Waals surface area (Å²) >= 11 is 0. The Morgan fingerprint density at radius 2 is 1.74 bits per heavy atom. The number of hydrogen-bond acceptors (Lipinski definition) is 2. The molecule has 0 spiro atoms. The predicted molar refractivity (Wildman–Crippen MR) is 73.8 cm³/mol. The number of amides is 1. The maximum atomic E-state index is 12.7. The lowest BCUT2D eigenvalue weighted by atomic mass is 9.63. The third kappa shape index (κ3) is 1.96. The number of carbonyl (C=O) groups excluding carboxylic acids is 1. The van der Waals surface area contributed by atoms with E-state index in [-0.39, 0.29) is 23.5 Å². The maximum Gasteiger partial charge on any atom is 0.231 e. The fourth-order valence-electron chi connectivity index (χ4n) is 3.22. The molecule has 0 atom stereocenters. The minimum Gasteiger partial charge on any atom is -0.394 e. The van der Waals surface area contributed by atoms with Gasteiger partial charge in [-0.1, -0.05) is 36.8 Å². The zero-order valence-corrected chi connectivity index (χ0v) is 11.2. The Balaban J connectivity index is 1.81. The smallest absolute Gasteiger partial charge is 0.231 e. The van der Waals surface area contributed by atoms with Crippen LogP contribution in [0.25, 0.3) is 0 Å². The van der Waals surface area contributed by atoms with Crippen molar-refractivity contribution >= 4 is 5.91 Å². The van der Waals surface area contributed by atoms with Gasteiger partial charge in [0.2, 0.25) is 5.91 Å². The molecule has 2 aliphatic carbocycles. The number of benzene rings is 1. The summed E-state index contributed by atoms with van der Waals surface area (Å²) in [7, 11) is 0. The highest BCUT2D eigenvalue weighted by Gasteiger charge is 2.49. The normalized spacial score (nSPS) is 23.0. The Bertz CT molecular complexity index is 455. The van der Waals surface area contributed by atoms with E-state index in [0.717, 1.165) is 44.1 Å². The molecule has 0 bridgehead atoms. The van der Waals surface area contributed by atoms with E-state index in [9.17, 15) is 9.90 Å². The molecule has 0 aliphatic heterocycles. The van der Waals surface area contributed by atoms with Crippen LogP contribution in [0, 0.1) is 0 Å². The molecule has 1 aromatic rings. The molecular weight excluding hydrogens is 238 g/mol. The van der Waals surface area contributed by atoms with Crippen LogP contribution in [0.4, 0.5) is 0 Å². The van der Waals surface area contributed by atoms with Gasteiger partial charge in [-0.15, -0.1) is 0 Å². The summed E-state index contributed by atoms with van der Waals surface area (Å²) in [5.41, 5.74) is 0.430. The molecular formula is C16H21NO2. The van der Waals surface area contributed by atoms with E-state index in [1.807, 2.05) is 30.3 Å². The lowest BCUT2D eigenvalue weighted by Gasteiger charge is -2.47. The first-order chi connectivity index (χ1) is 9.21. The van der Waals surface area contributed by atoms with Gasteiger partial charge in [-0.2, -0.15) is 0 Å². The summed E-state index contributed by atoms with van der Waals surface area (Å²) in [5.74, 6) is 0.110. The molecule has 1 amide bonds. The summed E-state index contributed by atoms with van der Waals surface area (Å²) in [5, 5.41) is 12.6. The molecule has 0 unspecified atom stereocenters. The Labute approximate surface area is 114 Å². The highest BCUT2D eigenvalue weighted by Crippen LogP contribution is 2.45. The van der Waals surface area contributed by atoms with Gasteiger partial charge in [0, 0.05) is 0 Å². The van der Waals surface area contributed by atoms with Crippen molar-refractivity contribution in [1.82, 2.24) is 5.32 Å². The van der Waals surface area contributed by atoms with Crippen LogP contribution in [0.5, 0.6) is 0 Å². The fraction of sp³-hybridized carbons (Fsp3) is 0.562. The van der Waals surface area contributed by atoms with Crippen LogP contribution in [-0.2, 0) is 10.2 Å². The summed E-state index contributed by atoms with van der Waals surface area (Å²) in [6, 6.07) is 10.1. The van der Waals surface area contributed by atoms with Crippen molar-refractivity contribution in [2.45, 2.75) is 49.5 Å². The number of nitrogens with one attached hydrogen (secondary N) is 1. The highest BCUT2D eigenvalue weighted by molar-refractivity contribution is 5.90. The zero-order valence-electron chi connectivity index (χ0n) is 11.2. The second-order valence-electron chi connectivity index (χ2n) is 6.05. The first-order valence-corrected chi connectivity index (χ1v) is 7.20. The Morgan fingerprint density at radius 1 is 1.11 bits per heavy atom. The van der Waals surface area contributed by atoms with Gasteiger partial charge in [0.15, 0.2) is 0 Å². The van der Waals surface area contributed by atoms with Crippen molar-refractivity contribution in [3.8, 4) is 0 Å². The van der Waals surface area contributed by atoms with Gasteiger partial charge in [-0.25, -0.2) is 0 Å². The average Bonchev–Trinajstić information content (AvgIpc) is 2.34. The minimum atomic E-state index is -0.348. The Morgan fingerprint density at radius 3 is 2.16 bits per heavy atom. The van der Waals surface area contributed by atoms with E-state index in [1.165, 1.54) is 0 Å². The molecule has 2 fully saturated rings. The van der Waals surface area contributed by atoms with Crippen LogP contribution in [0.1, 0.15) is 44.1 Å². The van der Waals surface area contributed by atoms with Gasteiger partial charge in [-0.3, -0.25) is 4.79 Å². The van der Waals surface area contributed by atoms with Crippen LogP contribution >= 0.6 is 0 Å². The summed E-state index contributed by atoms with van der Waals surface area (Å²) in [6.45, 7) is 0.0591. The molecule has 2 saturated carbocycles. The van der Waals surface area contributed by atoms with E-state index in [1.54, 1.807) is 0 Å². The van der Waals surface area contributed by atoms with Crippen molar-refractivity contribution in [3.63, 3.8) is 0 Å². The van der Waals surface area contributed by atoms with Crippen molar-refractivity contribution in [2.75, 3.05) is 6.61 Å². The fourth-order valence-corrected chi connectivity index (χ4v) is 3.22. The van der Waals surface area contributed by atoms with Gasteiger partial charge < -0.3 is 10.4 Å². The lowest BCUT2D eigenvalue weighted by molar-refractivity contribution is -0.134. The van der Waals surface area contributed by atoms with Gasteiger partial charge in [0.25, 0.3) is 0 Å². The van der Waals surface area contributed by atoms with Crippen molar-refractivity contribution in [1.29, 1.82) is 0 Å². The maximum absolute atomic E-state index is 12.7. The summed E-state index contributed by atoms with van der Waals surface area (Å²) in [4.78, 5) is 12.7. The van der Waals surface area contributed by atoms with Crippen LogP contribution in [-0.4, -0.2) is 23.2 Å². The molecule has 2 N–H and O–H groups in total. The molecule has 3 rings (SSSR count). The monoisotopic (exact) mass is 259 g/mol. The van der Waals surface area contributed by atoms with Crippen molar-refractivity contribution < 1.29 is 9.90 Å². The van der Waals surface area contributed by atoms with Crippen LogP contribution in [0.2, 0.25) is 0 Å². The highest BCUT2D eigenvalue weighted by atomic mass is 16.3. The van der Waals surface area contributed by atoms with Crippen LogP contribution in [0.3, 0.4) is 0 Å². The lowest BCUT2D eigenvalue weighted by Crippen LogP contribution is -2.61. The number of aliphatic hydroxyl groups is 1. The topological polar surface area (TPSA) is 49.3 Å². The third-order valence-corrected chi connectivity index (χ3v) is 4.96. The van der Waals surface area contributed by atoms with E-state index < -0.39 is 0 Å². The second kappa shape index (κ2) is 4.64. The van der Waals surface area contributed by atoms with Crippen LogP contribution in [0.15, 0.2) is 30.3 Å². The van der Waals surface area contributed by atoms with Gasteiger partial charge in [0.05, 0.1) is 17.6 Å². The Hall–Kier alpha value is -1.35. The largest absolute Gasteiger partial charge is 0.394 e. The molecule has 0 saturated heterocycles. The SMILES string of the molecule is O=C(NC1(CO)CCC1)C1(c2ccccc2)CCC1. The quantitative estimate of drug-likeness (QED) is 0.870. The van der Waals surface area contributed by atoms with E-state index in [0.29, 0.717) is 0 Å². The third-order valence-electron chi connectivity index (χ3n) is 4.96. The minimum absolute atomic E-state index is 0.0591. The average molecular weight is 259 g/mol. The van der Waals surface area contributed by atoms with Gasteiger partial charge >= 0.3 is 0 Å². The van der Waals surface area contributed by atoms with Gasteiger partial charge in [0.1, 0.15) is 0 Å². The summed E-state index contributed by atoms with van der Waals surface area (Å²) < 4.78 is 0. The molecule has 3 heteroatoms. The number of aliphatic hydroxyl groups excluding tert-OH is 1. The standard InChI is InChI=1S/C16H21NO2/c18-12-15(8-4-9-15)17-14(19)16(10-5-11-16)13-6-2-1-3-7-13/h1-3,6-7,18H,4-5,8-12H2,(H,17,19). The molecule has 1 aromatic carbocycles. The number of rotatable bonds is 4. The Kier molecular flexibility index (Phi) is 3.09. The van der Waals surface area contributed by atoms with E-state index in [4.69, 9.17) is 0 Å². The van der Waals surface area contributed by atoms with E-state index in [2.05, 4.69) is 5.32 Å². The molecule has 102 valence electrons. The molecule has 0 aromatic heterocycles. The molecule has 19 heavy (non-hydrogen) atoms. The number of hydrogen-bond donors (Lipinski definition) is 2. The first-order valence-electron chi connectivity index (χ1n) is 7.20. The van der Waals surface area contributed by atoms with Crippen LogP contribution < -0.4 is 5.32 Å². The number of carbonyl (C=O) groups is 1. The van der Waals surface area contributed by atoms with E-state index >= 15 is 0 Å². The second-order valence-corrected chi connectivity index (χ2v) is 6.05. The molecule has 3 nitrogen and oxygen atoms in total. The van der Waals surface area contributed by atoms with Crippen molar-refractivity contribution in [3.05, 3.63) is 35.9 Å². The summed E-state index contributed by atoms with van der Waals surface area (Å²) in [6.07, 6.45) is 5.85. The van der Waals surface area contributed by atoms with Gasteiger partial charge in [-0.05, 0) is 37.7 Å². The predicted octanol–water partition coefficient (Wildman–Crippen LogP) is 2.14. The molecule has 2 aliphatic rings. The molecule has 0 heterocycles.